The molecule has 164 valence electrons. The van der Waals surface area contributed by atoms with Crippen LogP contribution in [0, 0.1) is 6.92 Å². The molecular weight excluding hydrogens is 408 g/mol. The van der Waals surface area contributed by atoms with Gasteiger partial charge in [0.25, 0.3) is 0 Å². The minimum atomic E-state index is -0.158. The third-order valence-electron chi connectivity index (χ3n) is 5.21. The summed E-state index contributed by atoms with van der Waals surface area (Å²) in [4.78, 5) is 12.9. The lowest BCUT2D eigenvalue weighted by atomic mass is 10.0. The second kappa shape index (κ2) is 9.06. The molecule has 3 aromatic rings. The number of carbonyl (C=O) groups is 1. The minimum Gasteiger partial charge on any atom is -0.497 e. The van der Waals surface area contributed by atoms with Crippen LogP contribution in [-0.2, 0) is 6.61 Å². The van der Waals surface area contributed by atoms with Gasteiger partial charge >= 0.3 is 0 Å². The van der Waals surface area contributed by atoms with Crippen LogP contribution in [0.3, 0.4) is 0 Å². The molecule has 0 fully saturated rings. The van der Waals surface area contributed by atoms with Crippen LogP contribution in [0.1, 0.15) is 27.0 Å². The number of allylic oxidation sites excluding steroid dienone is 1. The average molecular weight is 432 g/mol. The predicted molar refractivity (Wildman–Crippen MR) is 121 cm³/mol. The van der Waals surface area contributed by atoms with Crippen molar-refractivity contribution in [3.63, 3.8) is 0 Å². The van der Waals surface area contributed by atoms with E-state index in [0.717, 1.165) is 22.4 Å². The van der Waals surface area contributed by atoms with E-state index in [1.165, 1.54) is 0 Å². The Hall–Kier alpha value is -3.93. The van der Waals surface area contributed by atoms with E-state index in [2.05, 4.69) is 0 Å². The van der Waals surface area contributed by atoms with Gasteiger partial charge in [0.05, 0.1) is 26.9 Å². The molecule has 0 atom stereocenters. The molecule has 1 aliphatic heterocycles. The maximum Gasteiger partial charge on any atom is 0.232 e. The molecule has 6 heteroatoms. The Bertz CT molecular complexity index is 1180. The molecule has 3 aromatic carbocycles. The number of ether oxygens (including phenoxy) is 5. The van der Waals surface area contributed by atoms with Crippen molar-refractivity contribution in [2.24, 2.45) is 0 Å². The van der Waals surface area contributed by atoms with Crippen LogP contribution in [0.25, 0.3) is 6.08 Å². The van der Waals surface area contributed by atoms with Gasteiger partial charge in [0.15, 0.2) is 17.3 Å². The summed E-state index contributed by atoms with van der Waals surface area (Å²) in [6.07, 6.45) is 1.70. The lowest BCUT2D eigenvalue weighted by molar-refractivity contribution is 0.101. The fourth-order valence-electron chi connectivity index (χ4n) is 3.54. The van der Waals surface area contributed by atoms with Crippen molar-refractivity contribution in [3.8, 4) is 28.7 Å². The van der Waals surface area contributed by atoms with Gasteiger partial charge in [-0.05, 0) is 60.0 Å². The second-order valence-corrected chi connectivity index (χ2v) is 7.30. The van der Waals surface area contributed by atoms with E-state index in [4.69, 9.17) is 23.7 Å². The number of fused-ring (bicyclic) bond motifs is 1. The fourth-order valence-corrected chi connectivity index (χ4v) is 3.54. The van der Waals surface area contributed by atoms with E-state index in [0.29, 0.717) is 35.2 Å². The standard InChI is InChI=1S/C26H24O6/c1-16-11-20(31-15-17-5-8-19(28-2)9-6-17)14-23-25(16)26(27)24(32-23)13-18-7-10-21(29-3)22(12-18)30-4/h5-14H,15H2,1-4H3/b24-13-. The topological polar surface area (TPSA) is 63.2 Å². The minimum absolute atomic E-state index is 0.158. The average Bonchev–Trinajstić information content (AvgIpc) is 3.13. The summed E-state index contributed by atoms with van der Waals surface area (Å²) in [6.45, 7) is 2.27. The van der Waals surface area contributed by atoms with Crippen molar-refractivity contribution in [1.82, 2.24) is 0 Å². The highest BCUT2D eigenvalue weighted by molar-refractivity contribution is 6.15. The van der Waals surface area contributed by atoms with Crippen LogP contribution >= 0.6 is 0 Å². The molecule has 1 aliphatic rings. The van der Waals surface area contributed by atoms with Gasteiger partial charge in [-0.15, -0.1) is 0 Å². The van der Waals surface area contributed by atoms with Crippen molar-refractivity contribution in [3.05, 3.63) is 82.6 Å². The van der Waals surface area contributed by atoms with Crippen LogP contribution in [0.2, 0.25) is 0 Å². The van der Waals surface area contributed by atoms with Crippen molar-refractivity contribution < 1.29 is 28.5 Å². The molecule has 0 saturated carbocycles. The summed E-state index contributed by atoms with van der Waals surface area (Å²) in [5.74, 6) is 3.21. The number of carbonyl (C=O) groups excluding carboxylic acids is 1. The maximum absolute atomic E-state index is 12.9. The van der Waals surface area contributed by atoms with Crippen molar-refractivity contribution in [2.45, 2.75) is 13.5 Å². The molecule has 6 nitrogen and oxygen atoms in total. The van der Waals surface area contributed by atoms with Gasteiger partial charge < -0.3 is 23.7 Å². The zero-order chi connectivity index (χ0) is 22.7. The summed E-state index contributed by atoms with van der Waals surface area (Å²) < 4.78 is 27.6. The van der Waals surface area contributed by atoms with Gasteiger partial charge in [0.1, 0.15) is 23.9 Å². The van der Waals surface area contributed by atoms with E-state index >= 15 is 0 Å². The van der Waals surface area contributed by atoms with E-state index in [-0.39, 0.29) is 11.5 Å². The summed E-state index contributed by atoms with van der Waals surface area (Å²) in [7, 11) is 4.78. The number of Topliss-reactive ketones (excluding diaryl/α,β-unsaturated/α-hetero) is 1. The molecule has 32 heavy (non-hydrogen) atoms. The Kier molecular flexibility index (Phi) is 6.03. The van der Waals surface area contributed by atoms with Gasteiger partial charge in [0.2, 0.25) is 5.78 Å². The Morgan fingerprint density at radius 1 is 0.844 bits per heavy atom. The van der Waals surface area contributed by atoms with Crippen LogP contribution in [0.4, 0.5) is 0 Å². The number of aryl methyl sites for hydroxylation is 1. The first-order valence-electron chi connectivity index (χ1n) is 10.1. The van der Waals surface area contributed by atoms with E-state index in [1.807, 2.05) is 43.3 Å². The Labute approximate surface area is 186 Å². The number of methoxy groups -OCH3 is 3. The maximum atomic E-state index is 12.9. The zero-order valence-electron chi connectivity index (χ0n) is 18.4. The first-order valence-corrected chi connectivity index (χ1v) is 10.1. The van der Waals surface area contributed by atoms with Crippen molar-refractivity contribution >= 4 is 11.9 Å². The lowest BCUT2D eigenvalue weighted by Gasteiger charge is -2.10. The molecule has 0 aromatic heterocycles. The zero-order valence-corrected chi connectivity index (χ0v) is 18.4. The Morgan fingerprint density at radius 3 is 2.28 bits per heavy atom. The number of hydrogen-bond donors (Lipinski definition) is 0. The Balaban J connectivity index is 1.54. The lowest BCUT2D eigenvalue weighted by Crippen LogP contribution is -2.00. The molecule has 0 spiro atoms. The molecule has 1 heterocycles. The molecular formula is C26H24O6. The van der Waals surface area contributed by atoms with E-state index < -0.39 is 0 Å². The highest BCUT2D eigenvalue weighted by Crippen LogP contribution is 2.38. The molecule has 0 saturated heterocycles. The molecule has 0 unspecified atom stereocenters. The summed E-state index contributed by atoms with van der Waals surface area (Å²) >= 11 is 0. The normalized spacial score (nSPS) is 13.5. The summed E-state index contributed by atoms with van der Waals surface area (Å²) in [6, 6.07) is 16.7. The number of rotatable bonds is 7. The first kappa shape index (κ1) is 21.3. The smallest absolute Gasteiger partial charge is 0.232 e. The largest absolute Gasteiger partial charge is 0.497 e. The summed E-state index contributed by atoms with van der Waals surface area (Å²) in [5.41, 5.74) is 3.13. The van der Waals surface area contributed by atoms with Gasteiger partial charge in [-0.3, -0.25) is 4.79 Å². The van der Waals surface area contributed by atoms with Crippen molar-refractivity contribution in [2.75, 3.05) is 21.3 Å². The Morgan fingerprint density at radius 2 is 1.59 bits per heavy atom. The molecule has 0 bridgehead atoms. The van der Waals surface area contributed by atoms with Crippen molar-refractivity contribution in [1.29, 1.82) is 0 Å². The van der Waals surface area contributed by atoms with Gasteiger partial charge in [-0.2, -0.15) is 0 Å². The number of ketones is 1. The van der Waals surface area contributed by atoms with Gasteiger partial charge in [-0.25, -0.2) is 0 Å². The molecule has 0 radical (unpaired) electrons. The fraction of sp³-hybridized carbons (Fsp3) is 0.192. The molecule has 4 rings (SSSR count). The summed E-state index contributed by atoms with van der Waals surface area (Å²) in [5, 5.41) is 0. The number of hydrogen-bond acceptors (Lipinski definition) is 6. The molecule has 0 aliphatic carbocycles. The van der Waals surface area contributed by atoms with Crippen LogP contribution in [-0.4, -0.2) is 27.1 Å². The van der Waals surface area contributed by atoms with Gasteiger partial charge in [0, 0.05) is 6.07 Å². The third kappa shape index (κ3) is 4.25. The number of benzene rings is 3. The van der Waals surface area contributed by atoms with Gasteiger partial charge in [-0.1, -0.05) is 18.2 Å². The van der Waals surface area contributed by atoms with E-state index in [9.17, 15) is 4.79 Å². The third-order valence-corrected chi connectivity index (χ3v) is 5.21. The monoisotopic (exact) mass is 432 g/mol. The first-order chi connectivity index (χ1) is 15.5. The quantitative estimate of drug-likeness (QED) is 0.477. The highest BCUT2D eigenvalue weighted by atomic mass is 16.5. The van der Waals surface area contributed by atoms with Crippen LogP contribution in [0.5, 0.6) is 28.7 Å². The highest BCUT2D eigenvalue weighted by Gasteiger charge is 2.30. The van der Waals surface area contributed by atoms with Crippen LogP contribution in [0.15, 0.2) is 60.4 Å². The predicted octanol–water partition coefficient (Wildman–Crippen LogP) is 5.22. The molecule has 0 N–H and O–H groups in total. The van der Waals surface area contributed by atoms with E-state index in [1.54, 1.807) is 45.6 Å². The SMILES string of the molecule is COc1ccc(COc2cc(C)c3c(c2)O/C(=C\c2ccc(OC)c(OC)c2)C3=O)cc1. The second-order valence-electron chi connectivity index (χ2n) is 7.30. The van der Waals surface area contributed by atoms with Crippen LogP contribution < -0.4 is 23.7 Å². The molecule has 0 amide bonds.